The van der Waals surface area contributed by atoms with Gasteiger partial charge in [-0.1, -0.05) is 40.2 Å². The summed E-state index contributed by atoms with van der Waals surface area (Å²) in [6.45, 7) is 3.86. The van der Waals surface area contributed by atoms with Crippen LogP contribution in [0.4, 0.5) is 11.4 Å². The van der Waals surface area contributed by atoms with Crippen molar-refractivity contribution in [1.82, 2.24) is 0 Å². The molecule has 2 heterocycles. The predicted octanol–water partition coefficient (Wildman–Crippen LogP) is 3.92. The smallest absolute Gasteiger partial charge is 0.262 e. The van der Waals surface area contributed by atoms with Crippen molar-refractivity contribution in [3.8, 4) is 0 Å². The summed E-state index contributed by atoms with van der Waals surface area (Å²) in [5, 5.41) is 0. The third-order valence-electron chi connectivity index (χ3n) is 4.79. The van der Waals surface area contributed by atoms with E-state index in [2.05, 4.69) is 15.9 Å². The summed E-state index contributed by atoms with van der Waals surface area (Å²) in [4.78, 5) is 41.7. The molecular weight excluding hydrogens is 408 g/mol. The first kappa shape index (κ1) is 17.7. The Morgan fingerprint density at radius 2 is 1.70 bits per heavy atom. The first-order chi connectivity index (χ1) is 12.9. The molecule has 5 nitrogen and oxygen atoms in total. The molecule has 0 N–H and O–H groups in total. The maximum atomic E-state index is 13.1. The lowest BCUT2D eigenvalue weighted by Gasteiger charge is -2.21. The normalized spacial score (nSPS) is 19.5. The Morgan fingerprint density at radius 3 is 2.41 bits per heavy atom. The summed E-state index contributed by atoms with van der Waals surface area (Å²) in [6.07, 6.45) is -0.0767. The molecule has 1 saturated heterocycles. The van der Waals surface area contributed by atoms with Gasteiger partial charge in [-0.05, 0) is 38.1 Å². The van der Waals surface area contributed by atoms with E-state index in [0.29, 0.717) is 16.8 Å². The highest BCUT2D eigenvalue weighted by Gasteiger charge is 2.43. The average Bonchev–Trinajstić information content (AvgIpc) is 3.07. The standard InChI is InChI=1S/C21H17BrN2O3/c1-12(2)23-17-9-4-3-8-15(17)19(21(23)27)16-11-18(25)24(20(16)26)14-7-5-6-13(22)10-14/h3-10,12H,11H2,1-2H3/b19-16-. The van der Waals surface area contributed by atoms with Crippen molar-refractivity contribution >= 4 is 50.6 Å². The molecule has 0 bridgehead atoms. The highest BCUT2D eigenvalue weighted by molar-refractivity contribution is 9.10. The lowest BCUT2D eigenvalue weighted by molar-refractivity contribution is -0.121. The maximum Gasteiger partial charge on any atom is 0.262 e. The van der Waals surface area contributed by atoms with Crippen LogP contribution in [0.25, 0.3) is 5.57 Å². The van der Waals surface area contributed by atoms with Crippen LogP contribution in [0.3, 0.4) is 0 Å². The summed E-state index contributed by atoms with van der Waals surface area (Å²) in [6, 6.07) is 14.4. The van der Waals surface area contributed by atoms with E-state index >= 15 is 0 Å². The molecule has 3 amide bonds. The van der Waals surface area contributed by atoms with Gasteiger partial charge in [-0.15, -0.1) is 0 Å². The van der Waals surface area contributed by atoms with E-state index in [1.807, 2.05) is 44.2 Å². The van der Waals surface area contributed by atoms with Gasteiger partial charge in [-0.25, -0.2) is 4.90 Å². The molecule has 2 aliphatic rings. The minimum absolute atomic E-state index is 0.0508. The van der Waals surface area contributed by atoms with Crippen LogP contribution in [0, 0.1) is 0 Å². The van der Waals surface area contributed by atoms with Crippen molar-refractivity contribution in [3.05, 3.63) is 64.1 Å². The molecule has 2 aromatic rings. The van der Waals surface area contributed by atoms with E-state index in [1.165, 1.54) is 0 Å². The van der Waals surface area contributed by atoms with Gasteiger partial charge in [0.05, 0.1) is 23.4 Å². The number of hydrogen-bond donors (Lipinski definition) is 0. The van der Waals surface area contributed by atoms with E-state index in [-0.39, 0.29) is 29.9 Å². The van der Waals surface area contributed by atoms with Crippen LogP contribution in [-0.2, 0) is 14.4 Å². The molecule has 0 saturated carbocycles. The number of fused-ring (bicyclic) bond motifs is 1. The summed E-state index contributed by atoms with van der Waals surface area (Å²) < 4.78 is 0.773. The topological polar surface area (TPSA) is 57.7 Å². The second-order valence-electron chi connectivity index (χ2n) is 6.83. The van der Waals surface area contributed by atoms with E-state index in [1.54, 1.807) is 23.1 Å². The predicted molar refractivity (Wildman–Crippen MR) is 107 cm³/mol. The lowest BCUT2D eigenvalue weighted by atomic mass is 10.00. The number of rotatable bonds is 2. The van der Waals surface area contributed by atoms with Crippen LogP contribution in [0.15, 0.2) is 58.6 Å². The second-order valence-corrected chi connectivity index (χ2v) is 7.75. The summed E-state index contributed by atoms with van der Waals surface area (Å²) in [7, 11) is 0. The summed E-state index contributed by atoms with van der Waals surface area (Å²) >= 11 is 3.36. The van der Waals surface area contributed by atoms with Crippen LogP contribution in [0.1, 0.15) is 25.8 Å². The molecule has 136 valence electrons. The Bertz CT molecular complexity index is 1030. The van der Waals surface area contributed by atoms with Crippen molar-refractivity contribution in [2.75, 3.05) is 9.80 Å². The molecule has 0 radical (unpaired) electrons. The van der Waals surface area contributed by atoms with Gasteiger partial charge in [0.15, 0.2) is 0 Å². The maximum absolute atomic E-state index is 13.1. The Kier molecular flexibility index (Phi) is 4.23. The Labute approximate surface area is 165 Å². The molecule has 2 aromatic carbocycles. The number of imide groups is 1. The van der Waals surface area contributed by atoms with E-state index in [9.17, 15) is 14.4 Å². The van der Waals surface area contributed by atoms with Gasteiger partial charge in [-0.2, -0.15) is 0 Å². The number of amides is 3. The zero-order valence-corrected chi connectivity index (χ0v) is 16.5. The van der Waals surface area contributed by atoms with Gasteiger partial charge < -0.3 is 4.90 Å². The summed E-state index contributed by atoms with van der Waals surface area (Å²) in [5.41, 5.74) is 2.59. The fraction of sp³-hybridized carbons (Fsp3) is 0.190. The van der Waals surface area contributed by atoms with Gasteiger partial charge in [0.25, 0.3) is 11.8 Å². The minimum Gasteiger partial charge on any atom is -0.305 e. The van der Waals surface area contributed by atoms with Crippen LogP contribution in [0.5, 0.6) is 0 Å². The van der Waals surface area contributed by atoms with Crippen molar-refractivity contribution in [2.24, 2.45) is 0 Å². The average molecular weight is 425 g/mol. The summed E-state index contributed by atoms with van der Waals surface area (Å²) in [5.74, 6) is -0.978. The van der Waals surface area contributed by atoms with Crippen molar-refractivity contribution < 1.29 is 14.4 Å². The van der Waals surface area contributed by atoms with Crippen LogP contribution >= 0.6 is 15.9 Å². The van der Waals surface area contributed by atoms with Gasteiger partial charge in [0.1, 0.15) is 0 Å². The minimum atomic E-state index is -0.429. The van der Waals surface area contributed by atoms with E-state index in [4.69, 9.17) is 0 Å². The molecule has 0 unspecified atom stereocenters. The van der Waals surface area contributed by atoms with Gasteiger partial charge >= 0.3 is 0 Å². The molecule has 0 aromatic heterocycles. The molecule has 6 heteroatoms. The molecule has 0 spiro atoms. The van der Waals surface area contributed by atoms with Crippen molar-refractivity contribution in [3.63, 3.8) is 0 Å². The zero-order valence-electron chi connectivity index (χ0n) is 14.9. The number of benzene rings is 2. The molecule has 4 rings (SSSR count). The largest absolute Gasteiger partial charge is 0.305 e. The highest BCUT2D eigenvalue weighted by atomic mass is 79.9. The number of hydrogen-bond acceptors (Lipinski definition) is 3. The highest BCUT2D eigenvalue weighted by Crippen LogP contribution is 2.42. The lowest BCUT2D eigenvalue weighted by Crippen LogP contribution is -2.34. The van der Waals surface area contributed by atoms with Crippen LogP contribution in [-0.4, -0.2) is 23.8 Å². The molecular formula is C21H17BrN2O3. The number of carbonyl (C=O) groups is 3. The quantitative estimate of drug-likeness (QED) is 0.542. The molecule has 1 fully saturated rings. The number of carbonyl (C=O) groups excluding carboxylic acids is 3. The van der Waals surface area contributed by atoms with Gasteiger partial charge in [0.2, 0.25) is 5.91 Å². The van der Waals surface area contributed by atoms with Crippen LogP contribution in [0.2, 0.25) is 0 Å². The molecule has 0 aliphatic carbocycles. The van der Waals surface area contributed by atoms with Crippen molar-refractivity contribution in [1.29, 1.82) is 0 Å². The van der Waals surface area contributed by atoms with Crippen LogP contribution < -0.4 is 9.80 Å². The zero-order chi connectivity index (χ0) is 19.3. The first-order valence-electron chi connectivity index (χ1n) is 8.69. The number of para-hydroxylation sites is 1. The Hall–Kier alpha value is -2.73. The monoisotopic (exact) mass is 424 g/mol. The Balaban J connectivity index is 1.86. The number of halogens is 1. The SMILES string of the molecule is CC(C)N1C(=O)/C(=C2/CC(=O)N(c3cccc(Br)c3)C2=O)c2ccccc21. The van der Waals surface area contributed by atoms with Gasteiger partial charge in [-0.3, -0.25) is 14.4 Å². The van der Waals surface area contributed by atoms with Crippen molar-refractivity contribution in [2.45, 2.75) is 26.3 Å². The molecule has 0 atom stereocenters. The first-order valence-corrected chi connectivity index (χ1v) is 9.48. The van der Waals surface area contributed by atoms with E-state index in [0.717, 1.165) is 15.1 Å². The fourth-order valence-corrected chi connectivity index (χ4v) is 4.06. The second kappa shape index (κ2) is 6.46. The number of nitrogens with zero attached hydrogens (tertiary/aromatic N) is 2. The third kappa shape index (κ3) is 2.72. The Morgan fingerprint density at radius 1 is 0.963 bits per heavy atom. The molecule has 27 heavy (non-hydrogen) atoms. The van der Waals surface area contributed by atoms with E-state index < -0.39 is 5.91 Å². The molecule has 2 aliphatic heterocycles. The van der Waals surface area contributed by atoms with Gasteiger partial charge in [0, 0.05) is 21.7 Å². The third-order valence-corrected chi connectivity index (χ3v) is 5.28. The number of anilines is 2. The fourth-order valence-electron chi connectivity index (χ4n) is 3.67.